The summed E-state index contributed by atoms with van der Waals surface area (Å²) in [6.45, 7) is 1.94. The molecule has 2 fully saturated rings. The van der Waals surface area contributed by atoms with E-state index < -0.39 is 0 Å². The predicted molar refractivity (Wildman–Crippen MR) is 69.9 cm³/mol. The normalized spacial score (nSPS) is 27.1. The average molecular weight is 238 g/mol. The Kier molecular flexibility index (Phi) is 4.84. The van der Waals surface area contributed by atoms with Gasteiger partial charge in [-0.05, 0) is 39.2 Å². The van der Waals surface area contributed by atoms with Crippen LogP contribution in [0.3, 0.4) is 0 Å². The second-order valence-electron chi connectivity index (χ2n) is 5.57. The van der Waals surface area contributed by atoms with Crippen molar-refractivity contribution in [2.45, 2.75) is 57.4 Å². The molecule has 0 aromatic carbocycles. The van der Waals surface area contributed by atoms with Crippen LogP contribution < -0.4 is 5.32 Å². The van der Waals surface area contributed by atoms with Crippen molar-refractivity contribution in [3.05, 3.63) is 0 Å². The van der Waals surface area contributed by atoms with Crippen molar-refractivity contribution in [3.8, 4) is 0 Å². The lowest BCUT2D eigenvalue weighted by atomic mass is 9.87. The van der Waals surface area contributed by atoms with Gasteiger partial charge in [0.2, 0.25) is 5.91 Å². The Morgan fingerprint density at radius 2 is 1.82 bits per heavy atom. The van der Waals surface area contributed by atoms with Crippen molar-refractivity contribution in [1.82, 2.24) is 10.2 Å². The molecule has 0 spiro atoms. The van der Waals surface area contributed by atoms with Crippen LogP contribution in [0.25, 0.3) is 0 Å². The minimum atomic E-state index is 0.334. The van der Waals surface area contributed by atoms with Gasteiger partial charge in [-0.2, -0.15) is 0 Å². The Hall–Kier alpha value is -0.570. The Morgan fingerprint density at radius 1 is 1.12 bits per heavy atom. The number of amides is 1. The number of piperidine rings is 1. The van der Waals surface area contributed by atoms with E-state index in [1.54, 1.807) is 0 Å². The number of carbonyl (C=O) groups excluding carboxylic acids is 1. The van der Waals surface area contributed by atoms with Crippen LogP contribution in [0.1, 0.15) is 51.4 Å². The molecule has 1 atom stereocenters. The zero-order chi connectivity index (χ0) is 12.1. The Balaban J connectivity index is 1.94. The average Bonchev–Trinajstić information content (AvgIpc) is 2.40. The molecule has 0 bridgehead atoms. The molecule has 98 valence electrons. The van der Waals surface area contributed by atoms with E-state index in [4.69, 9.17) is 0 Å². The summed E-state index contributed by atoms with van der Waals surface area (Å²) in [5, 5.41) is 3.23. The molecule has 17 heavy (non-hydrogen) atoms. The van der Waals surface area contributed by atoms with E-state index in [9.17, 15) is 4.79 Å². The first kappa shape index (κ1) is 12.9. The number of hydrogen-bond donors (Lipinski definition) is 1. The topological polar surface area (TPSA) is 32.3 Å². The van der Waals surface area contributed by atoms with Crippen LogP contribution in [-0.4, -0.2) is 37.0 Å². The molecule has 0 radical (unpaired) electrons. The molecule has 2 aliphatic rings. The summed E-state index contributed by atoms with van der Waals surface area (Å²) >= 11 is 0. The summed E-state index contributed by atoms with van der Waals surface area (Å²) in [6, 6.07) is 0.447. The van der Waals surface area contributed by atoms with E-state index in [-0.39, 0.29) is 0 Å². The number of rotatable bonds is 3. The van der Waals surface area contributed by atoms with E-state index in [1.807, 2.05) is 7.05 Å². The fourth-order valence-electron chi connectivity index (χ4n) is 3.32. The third kappa shape index (κ3) is 3.21. The van der Waals surface area contributed by atoms with Crippen molar-refractivity contribution in [2.24, 2.45) is 5.92 Å². The lowest BCUT2D eigenvalue weighted by molar-refractivity contribution is -0.140. The van der Waals surface area contributed by atoms with Crippen molar-refractivity contribution in [3.63, 3.8) is 0 Å². The molecular weight excluding hydrogens is 212 g/mol. The smallest absolute Gasteiger partial charge is 0.225 e. The summed E-state index contributed by atoms with van der Waals surface area (Å²) in [5.74, 6) is 0.783. The molecule has 3 nitrogen and oxygen atoms in total. The van der Waals surface area contributed by atoms with E-state index in [2.05, 4.69) is 10.2 Å². The highest BCUT2D eigenvalue weighted by molar-refractivity contribution is 5.79. The van der Waals surface area contributed by atoms with Gasteiger partial charge in [0, 0.05) is 25.0 Å². The fraction of sp³-hybridized carbons (Fsp3) is 0.929. The zero-order valence-corrected chi connectivity index (χ0v) is 11.1. The first-order valence-corrected chi connectivity index (χ1v) is 7.28. The van der Waals surface area contributed by atoms with Gasteiger partial charge in [-0.3, -0.25) is 4.79 Å². The molecule has 1 saturated heterocycles. The maximum atomic E-state index is 12.5. The summed E-state index contributed by atoms with van der Waals surface area (Å²) in [4.78, 5) is 14.7. The molecular formula is C14H26N2O. The van der Waals surface area contributed by atoms with Crippen molar-refractivity contribution in [1.29, 1.82) is 0 Å². The number of likely N-dealkylation sites (N-methyl/N-ethyl adjacent to an activating group) is 1. The molecule has 1 saturated carbocycles. The zero-order valence-electron chi connectivity index (χ0n) is 11.1. The highest BCUT2D eigenvalue weighted by Gasteiger charge is 2.31. The first-order chi connectivity index (χ1) is 8.33. The van der Waals surface area contributed by atoms with Crippen LogP contribution in [0.5, 0.6) is 0 Å². The Bertz CT molecular complexity index is 247. The predicted octanol–water partition coefficient (Wildman–Crippen LogP) is 2.17. The molecule has 3 heteroatoms. The van der Waals surface area contributed by atoms with Crippen LogP contribution in [-0.2, 0) is 4.79 Å². The van der Waals surface area contributed by atoms with Gasteiger partial charge in [-0.1, -0.05) is 19.3 Å². The molecule has 1 aliphatic carbocycles. The molecule has 1 unspecified atom stereocenters. The third-order valence-electron chi connectivity index (χ3n) is 4.30. The van der Waals surface area contributed by atoms with Gasteiger partial charge in [0.1, 0.15) is 0 Å². The maximum Gasteiger partial charge on any atom is 0.225 e. The molecule has 2 rings (SSSR count). The highest BCUT2D eigenvalue weighted by Crippen LogP contribution is 2.28. The molecule has 0 aromatic rings. The van der Waals surface area contributed by atoms with Crippen LogP contribution in [0.15, 0.2) is 0 Å². The standard InChI is InChI=1S/C14H26N2O/c1-15-11-13-9-5-6-10-16(13)14(17)12-7-3-2-4-8-12/h12-13,15H,2-11H2,1H3. The van der Waals surface area contributed by atoms with Crippen molar-refractivity contribution >= 4 is 5.91 Å². The van der Waals surface area contributed by atoms with Gasteiger partial charge in [0.15, 0.2) is 0 Å². The fourth-order valence-corrected chi connectivity index (χ4v) is 3.32. The van der Waals surface area contributed by atoms with Gasteiger partial charge < -0.3 is 10.2 Å². The number of carbonyl (C=O) groups is 1. The Labute approximate surface area is 105 Å². The molecule has 1 heterocycles. The largest absolute Gasteiger partial charge is 0.338 e. The van der Waals surface area contributed by atoms with Crippen LogP contribution >= 0.6 is 0 Å². The van der Waals surface area contributed by atoms with Gasteiger partial charge in [-0.15, -0.1) is 0 Å². The lowest BCUT2D eigenvalue weighted by Crippen LogP contribution is -2.50. The number of likely N-dealkylation sites (tertiary alicyclic amines) is 1. The third-order valence-corrected chi connectivity index (χ3v) is 4.30. The minimum absolute atomic E-state index is 0.334. The van der Waals surface area contributed by atoms with Gasteiger partial charge in [0.05, 0.1) is 0 Å². The highest BCUT2D eigenvalue weighted by atomic mass is 16.2. The van der Waals surface area contributed by atoms with Gasteiger partial charge in [0.25, 0.3) is 0 Å². The second kappa shape index (κ2) is 6.39. The van der Waals surface area contributed by atoms with Crippen LogP contribution in [0.4, 0.5) is 0 Å². The monoisotopic (exact) mass is 238 g/mol. The summed E-state index contributed by atoms with van der Waals surface area (Å²) in [6.07, 6.45) is 9.73. The molecule has 1 amide bonds. The van der Waals surface area contributed by atoms with E-state index in [1.165, 1.54) is 38.5 Å². The Morgan fingerprint density at radius 3 is 2.53 bits per heavy atom. The number of nitrogens with zero attached hydrogens (tertiary/aromatic N) is 1. The van der Waals surface area contributed by atoms with E-state index in [0.29, 0.717) is 17.9 Å². The minimum Gasteiger partial charge on any atom is -0.338 e. The van der Waals surface area contributed by atoms with Crippen molar-refractivity contribution in [2.75, 3.05) is 20.1 Å². The first-order valence-electron chi connectivity index (χ1n) is 7.28. The molecule has 1 aliphatic heterocycles. The van der Waals surface area contributed by atoms with Crippen LogP contribution in [0.2, 0.25) is 0 Å². The molecule has 1 N–H and O–H groups in total. The van der Waals surface area contributed by atoms with Gasteiger partial charge in [-0.25, -0.2) is 0 Å². The lowest BCUT2D eigenvalue weighted by Gasteiger charge is -2.38. The van der Waals surface area contributed by atoms with Crippen molar-refractivity contribution < 1.29 is 4.79 Å². The number of hydrogen-bond acceptors (Lipinski definition) is 2. The summed E-state index contributed by atoms with van der Waals surface area (Å²) < 4.78 is 0. The number of nitrogens with one attached hydrogen (secondary N) is 1. The maximum absolute atomic E-state index is 12.5. The van der Waals surface area contributed by atoms with E-state index in [0.717, 1.165) is 25.9 Å². The SMILES string of the molecule is CNCC1CCCCN1C(=O)C1CCCCC1. The summed E-state index contributed by atoms with van der Waals surface area (Å²) in [5.41, 5.74) is 0. The van der Waals surface area contributed by atoms with Crippen LogP contribution in [0, 0.1) is 5.92 Å². The van der Waals surface area contributed by atoms with Gasteiger partial charge >= 0.3 is 0 Å². The van der Waals surface area contributed by atoms with E-state index >= 15 is 0 Å². The molecule has 0 aromatic heterocycles. The summed E-state index contributed by atoms with van der Waals surface area (Å²) in [7, 11) is 1.98. The quantitative estimate of drug-likeness (QED) is 0.817. The second-order valence-corrected chi connectivity index (χ2v) is 5.57.